The molecule has 0 radical (unpaired) electrons. The third-order valence-corrected chi connectivity index (χ3v) is 12.3. The second-order valence-corrected chi connectivity index (χ2v) is 13.5. The largest absolute Gasteiger partial charge is 0.393 e. The van der Waals surface area contributed by atoms with Gasteiger partial charge < -0.3 is 9.84 Å². The lowest BCUT2D eigenvalue weighted by atomic mass is 9.44. The number of piperidine rings is 1. The zero-order valence-electron chi connectivity index (χ0n) is 20.6. The van der Waals surface area contributed by atoms with Crippen LogP contribution in [0, 0.1) is 57.2 Å². The Labute approximate surface area is 194 Å². The van der Waals surface area contributed by atoms with Gasteiger partial charge in [-0.25, -0.2) is 5.01 Å². The molecule has 5 heteroatoms. The maximum absolute atomic E-state index is 11.9. The fourth-order valence-electron chi connectivity index (χ4n) is 10.7. The van der Waals surface area contributed by atoms with Crippen LogP contribution in [0.15, 0.2) is 5.29 Å². The molecule has 6 rings (SSSR count). The molecule has 2 aliphatic heterocycles. The fourth-order valence-corrected chi connectivity index (χ4v) is 10.7. The van der Waals surface area contributed by atoms with E-state index in [1.807, 2.05) is 0 Å². The molecule has 1 spiro atoms. The second kappa shape index (κ2) is 7.16. The number of rotatable bonds is 1. The van der Waals surface area contributed by atoms with Crippen molar-refractivity contribution in [2.75, 3.05) is 6.54 Å². The molecule has 2 heterocycles. The maximum Gasteiger partial charge on any atom is 0.162 e. The number of nitroso groups, excluding NO2 is 1. The minimum Gasteiger partial charge on any atom is -0.393 e. The molecule has 12 atom stereocenters. The zero-order valence-corrected chi connectivity index (χ0v) is 20.6. The summed E-state index contributed by atoms with van der Waals surface area (Å²) in [5, 5.41) is 15.6. The van der Waals surface area contributed by atoms with Gasteiger partial charge in [0.25, 0.3) is 0 Å². The van der Waals surface area contributed by atoms with Crippen LogP contribution in [-0.4, -0.2) is 34.6 Å². The van der Waals surface area contributed by atoms with Gasteiger partial charge in [0.2, 0.25) is 0 Å². The van der Waals surface area contributed by atoms with E-state index in [0.29, 0.717) is 34.5 Å². The Morgan fingerprint density at radius 3 is 2.50 bits per heavy atom. The average Bonchev–Trinajstić information content (AvgIpc) is 3.21. The van der Waals surface area contributed by atoms with E-state index in [1.54, 1.807) is 5.01 Å². The molecule has 6 aliphatic rings. The Hall–Kier alpha value is -0.680. The molecule has 180 valence electrons. The molecule has 4 aliphatic carbocycles. The number of hydrogen-bond acceptors (Lipinski definition) is 4. The van der Waals surface area contributed by atoms with Crippen molar-refractivity contribution in [2.24, 2.45) is 57.5 Å². The molecule has 0 bridgehead atoms. The third kappa shape index (κ3) is 2.70. The van der Waals surface area contributed by atoms with E-state index in [9.17, 15) is 10.0 Å². The SMILES string of the molecule is C[C@@H]1CC[C@@]2(O[C@H]3C[C@H]4[C@@H]5CC[C@H]6C[C@@H](O)CC[C@]6(C)[C@H]5CC[C@]4(C)[C@H]3[C@@H]2C)N(N=O)C1. The average molecular weight is 445 g/mol. The van der Waals surface area contributed by atoms with Crippen LogP contribution in [0.2, 0.25) is 0 Å². The Morgan fingerprint density at radius 1 is 0.938 bits per heavy atom. The number of nitrogens with zero attached hydrogens (tertiary/aromatic N) is 2. The molecule has 32 heavy (non-hydrogen) atoms. The van der Waals surface area contributed by atoms with E-state index in [0.717, 1.165) is 50.0 Å². The predicted octanol–water partition coefficient (Wildman–Crippen LogP) is 5.76. The van der Waals surface area contributed by atoms with Gasteiger partial charge in [-0.3, -0.25) is 0 Å². The number of aliphatic hydroxyl groups is 1. The Bertz CT molecular complexity index is 776. The van der Waals surface area contributed by atoms with Gasteiger partial charge in [-0.05, 0) is 111 Å². The quantitative estimate of drug-likeness (QED) is 0.522. The fraction of sp³-hybridized carbons (Fsp3) is 1.00. The highest BCUT2D eigenvalue weighted by Crippen LogP contribution is 2.71. The topological polar surface area (TPSA) is 62.1 Å². The second-order valence-electron chi connectivity index (χ2n) is 13.5. The lowest BCUT2D eigenvalue weighted by molar-refractivity contribution is -0.198. The molecule has 0 aromatic carbocycles. The molecule has 5 nitrogen and oxygen atoms in total. The van der Waals surface area contributed by atoms with Crippen molar-refractivity contribution in [1.29, 1.82) is 0 Å². The van der Waals surface area contributed by atoms with E-state index in [-0.39, 0.29) is 12.2 Å². The van der Waals surface area contributed by atoms with Gasteiger partial charge in [-0.2, -0.15) is 0 Å². The van der Waals surface area contributed by atoms with E-state index in [1.165, 1.54) is 38.5 Å². The summed E-state index contributed by atoms with van der Waals surface area (Å²) >= 11 is 0. The van der Waals surface area contributed by atoms with E-state index >= 15 is 0 Å². The summed E-state index contributed by atoms with van der Waals surface area (Å²) in [6.07, 6.45) is 12.0. The first-order chi connectivity index (χ1) is 15.2. The van der Waals surface area contributed by atoms with Gasteiger partial charge in [-0.1, -0.05) is 27.7 Å². The van der Waals surface area contributed by atoms with Crippen LogP contribution in [0.1, 0.15) is 91.9 Å². The number of aliphatic hydroxyl groups excluding tert-OH is 1. The normalized spacial score (nSPS) is 59.3. The third-order valence-electron chi connectivity index (χ3n) is 12.3. The predicted molar refractivity (Wildman–Crippen MR) is 124 cm³/mol. The van der Waals surface area contributed by atoms with E-state index < -0.39 is 5.72 Å². The summed E-state index contributed by atoms with van der Waals surface area (Å²) in [6, 6.07) is 0. The number of ether oxygens (including phenoxy) is 1. The molecule has 0 aromatic heterocycles. The molecular weight excluding hydrogens is 400 g/mol. The highest BCUT2D eigenvalue weighted by atomic mass is 16.5. The molecule has 0 amide bonds. The molecule has 1 N–H and O–H groups in total. The number of hydrogen-bond donors (Lipinski definition) is 1. The smallest absolute Gasteiger partial charge is 0.162 e. The van der Waals surface area contributed by atoms with Crippen LogP contribution < -0.4 is 0 Å². The lowest BCUT2D eigenvalue weighted by Crippen LogP contribution is -2.57. The van der Waals surface area contributed by atoms with Crippen LogP contribution in [0.5, 0.6) is 0 Å². The van der Waals surface area contributed by atoms with Crippen molar-refractivity contribution < 1.29 is 9.84 Å². The van der Waals surface area contributed by atoms with Gasteiger partial charge in [0, 0.05) is 12.5 Å². The summed E-state index contributed by atoms with van der Waals surface area (Å²) in [7, 11) is 0. The van der Waals surface area contributed by atoms with Crippen LogP contribution >= 0.6 is 0 Å². The highest BCUT2D eigenvalue weighted by molar-refractivity contribution is 5.16. The van der Waals surface area contributed by atoms with Gasteiger partial charge in [0.1, 0.15) is 0 Å². The van der Waals surface area contributed by atoms with Crippen molar-refractivity contribution in [3.05, 3.63) is 4.91 Å². The molecule has 0 aromatic rings. The van der Waals surface area contributed by atoms with Crippen molar-refractivity contribution in [1.82, 2.24) is 5.01 Å². The highest BCUT2D eigenvalue weighted by Gasteiger charge is 2.70. The summed E-state index contributed by atoms with van der Waals surface area (Å²) in [6.45, 7) is 10.5. The standard InChI is InChI=1S/C27H44N2O3/c1-16-7-12-27(29(15-16)28-31)17(2)24-23(32-27)14-22-20-6-5-18-13-19(30)8-10-25(18,3)21(20)9-11-26(22,24)4/h16-24,30H,5-15H2,1-4H3/t16-,17+,18+,19+,20-,21+,22+,23+,24+,25+,26+,27+/m1/s1. The summed E-state index contributed by atoms with van der Waals surface area (Å²) < 4.78 is 6.96. The molecule has 0 unspecified atom stereocenters. The minimum absolute atomic E-state index is 0.0673. The van der Waals surface area contributed by atoms with Crippen molar-refractivity contribution in [3.8, 4) is 0 Å². The molecular formula is C27H44N2O3. The minimum atomic E-state index is -0.461. The Balaban J connectivity index is 1.28. The van der Waals surface area contributed by atoms with Crippen LogP contribution in [0.4, 0.5) is 0 Å². The molecule has 2 saturated heterocycles. The monoisotopic (exact) mass is 444 g/mol. The van der Waals surface area contributed by atoms with Crippen LogP contribution in [0.3, 0.4) is 0 Å². The Kier molecular flexibility index (Phi) is 4.89. The molecule has 6 fully saturated rings. The maximum atomic E-state index is 11.9. The van der Waals surface area contributed by atoms with Gasteiger partial charge >= 0.3 is 0 Å². The van der Waals surface area contributed by atoms with Crippen LogP contribution in [0.25, 0.3) is 0 Å². The summed E-state index contributed by atoms with van der Waals surface area (Å²) in [5.74, 6) is 4.52. The van der Waals surface area contributed by atoms with Gasteiger partial charge in [0.05, 0.1) is 17.5 Å². The first-order valence-corrected chi connectivity index (χ1v) is 13.7. The van der Waals surface area contributed by atoms with Gasteiger partial charge in [0.15, 0.2) is 5.72 Å². The van der Waals surface area contributed by atoms with E-state index in [4.69, 9.17) is 4.74 Å². The van der Waals surface area contributed by atoms with E-state index in [2.05, 4.69) is 33.0 Å². The first kappa shape index (κ1) is 21.8. The Morgan fingerprint density at radius 2 is 1.72 bits per heavy atom. The zero-order chi connectivity index (χ0) is 22.5. The lowest BCUT2D eigenvalue weighted by Gasteiger charge is -2.61. The summed E-state index contributed by atoms with van der Waals surface area (Å²) in [5.41, 5.74) is 0.286. The van der Waals surface area contributed by atoms with Gasteiger partial charge in [-0.15, -0.1) is 4.91 Å². The first-order valence-electron chi connectivity index (χ1n) is 13.7. The number of fused-ring (bicyclic) bond motifs is 7. The van der Waals surface area contributed by atoms with Crippen molar-refractivity contribution >= 4 is 0 Å². The van der Waals surface area contributed by atoms with Crippen molar-refractivity contribution in [2.45, 2.75) is 110 Å². The van der Waals surface area contributed by atoms with Crippen LogP contribution in [-0.2, 0) is 4.74 Å². The van der Waals surface area contributed by atoms with Crippen molar-refractivity contribution in [3.63, 3.8) is 0 Å². The molecule has 4 saturated carbocycles. The summed E-state index contributed by atoms with van der Waals surface area (Å²) in [4.78, 5) is 11.9.